The summed E-state index contributed by atoms with van der Waals surface area (Å²) in [5.74, 6) is 5.57. The number of nitrogens with two attached hydrogens (primary N) is 1. The minimum atomic E-state index is -0.313. The number of nitrogens with zero attached hydrogens (tertiary/aromatic N) is 24. The van der Waals surface area contributed by atoms with Gasteiger partial charge in [0.2, 0.25) is 47.4 Å². The fourth-order valence-electron chi connectivity index (χ4n) is 16.6. The summed E-state index contributed by atoms with van der Waals surface area (Å²) in [7, 11) is 0. The molecular formula is C93H105N31O7S. The van der Waals surface area contributed by atoms with Gasteiger partial charge in [0.25, 0.3) is 11.8 Å². The first-order valence-electron chi connectivity index (χ1n) is 43.4. The summed E-state index contributed by atoms with van der Waals surface area (Å²) in [6, 6.07) is 54.9. The summed E-state index contributed by atoms with van der Waals surface area (Å²) < 4.78 is 11.9. The van der Waals surface area contributed by atoms with Crippen LogP contribution < -0.4 is 57.2 Å². The number of amides is 6. The molecule has 14 heterocycles. The van der Waals surface area contributed by atoms with Crippen LogP contribution in [0.15, 0.2) is 242 Å². The van der Waals surface area contributed by atoms with Gasteiger partial charge < -0.3 is 81.3 Å². The molecule has 0 bridgehead atoms. The van der Waals surface area contributed by atoms with E-state index in [0.717, 1.165) is 114 Å². The Morgan fingerprint density at radius 1 is 0.356 bits per heavy atom. The highest BCUT2D eigenvalue weighted by atomic mass is 32.1. The molecule has 4 saturated heterocycles. The topological polar surface area (TPSA) is 414 Å². The molecule has 6 amide bonds. The number of pyridine rings is 4. The van der Waals surface area contributed by atoms with Gasteiger partial charge in [-0.25, -0.2) is 38.7 Å². The Hall–Kier alpha value is -16.0. The maximum Gasteiger partial charge on any atom is 0.291 e. The largest absolute Gasteiger partial charge is 0.459 e. The number of furan rings is 1. The van der Waals surface area contributed by atoms with E-state index in [9.17, 15) is 28.8 Å². The second kappa shape index (κ2) is 41.9. The van der Waals surface area contributed by atoms with Crippen LogP contribution in [-0.4, -0.2) is 236 Å². The van der Waals surface area contributed by atoms with Crippen LogP contribution in [0, 0.1) is 0 Å². The van der Waals surface area contributed by atoms with Crippen molar-refractivity contribution in [2.75, 3.05) is 123 Å². The molecule has 0 unspecified atom stereocenters. The van der Waals surface area contributed by atoms with E-state index in [0.29, 0.717) is 71.9 Å². The van der Waals surface area contributed by atoms with Crippen LogP contribution in [0.5, 0.6) is 0 Å². The number of hydrogen-bond acceptors (Lipinski definition) is 29. The average Bonchev–Trinajstić information content (AvgIpc) is 1.19. The Morgan fingerprint density at radius 3 is 1.05 bits per heavy atom. The standard InChI is InChI=1S/C26H28N8O3.C26H28N8O2S.C21H26N8O.C20H23N7O/c2*1-17-14-32(15-18(2)34(17)19(3)35)24-13-22(10-11-27-24)33-16-28-26(31-33)30-21-8-6-20(7-9-21)29-25(36)23-5-4-12-37-23;1-14-11-27(12-15(2)29(14)16(3)30)20-10-19(8-9-23-20)28-13-24-21(26-28)25-18-6-4-17(22)5-7-18;1-16(28)25-10-5-11-26(13-12-25)19-14-18(8-9-21-19)27-15-22-20(24-27)23-17-6-3-2-4-7-17/h2*4-13,16-18H,14-15H2,1-3H3,(H,29,36)(H,30,31);4-10,13-15H,11-12,22H2,1-3H3,(H,25,26);2-4,6-9,14-15H,5,10-13H2,1H3,(H,23,24)/t2*17-,18+;14-,15+;. The monoisotopic (exact) mass is 1800 g/mol. The minimum Gasteiger partial charge on any atom is -0.459 e. The number of carbonyl (C=O) groups is 6. The number of benzene rings is 4. The van der Waals surface area contributed by atoms with Crippen molar-refractivity contribution in [2.45, 2.75) is 112 Å². The number of nitrogens with one attached hydrogen (secondary N) is 6. The predicted octanol–water partition coefficient (Wildman–Crippen LogP) is 12.8. The van der Waals surface area contributed by atoms with Crippen molar-refractivity contribution in [3.63, 3.8) is 0 Å². The number of anilines is 15. The number of rotatable bonds is 20. The van der Waals surface area contributed by atoms with Crippen molar-refractivity contribution < 1.29 is 33.2 Å². The van der Waals surface area contributed by atoms with Gasteiger partial charge in [0.1, 0.15) is 48.6 Å². The molecule has 14 aromatic rings. The zero-order valence-corrected chi connectivity index (χ0v) is 75.7. The molecule has 132 heavy (non-hydrogen) atoms. The molecule has 0 radical (unpaired) electrons. The Labute approximate surface area is 767 Å². The number of hydrogen-bond donors (Lipinski definition) is 7. The molecule has 8 N–H and O–H groups in total. The van der Waals surface area contributed by atoms with Crippen molar-refractivity contribution in [3.8, 4) is 22.7 Å². The average molecular weight is 1800 g/mol. The predicted molar refractivity (Wildman–Crippen MR) is 509 cm³/mol. The normalized spacial score (nSPS) is 17.2. The van der Waals surface area contributed by atoms with Crippen molar-refractivity contribution in [2.24, 2.45) is 0 Å². The summed E-state index contributed by atoms with van der Waals surface area (Å²) in [5.41, 5.74) is 14.6. The van der Waals surface area contributed by atoms with Crippen molar-refractivity contribution in [1.82, 2.24) is 98.6 Å². The Bertz CT molecular complexity index is 5980. The molecule has 18 rings (SSSR count). The maximum atomic E-state index is 12.2. The molecule has 10 aromatic heterocycles. The zero-order valence-electron chi connectivity index (χ0n) is 74.8. The zero-order chi connectivity index (χ0) is 92.5. The second-order valence-electron chi connectivity index (χ2n) is 32.5. The fourth-order valence-corrected chi connectivity index (χ4v) is 17.2. The van der Waals surface area contributed by atoms with Crippen LogP contribution in [0.2, 0.25) is 0 Å². The van der Waals surface area contributed by atoms with Crippen LogP contribution in [-0.2, 0) is 19.2 Å². The first-order chi connectivity index (χ1) is 63.8. The van der Waals surface area contributed by atoms with Crippen molar-refractivity contribution in [3.05, 3.63) is 248 Å². The molecule has 0 saturated carbocycles. The van der Waals surface area contributed by atoms with Gasteiger partial charge in [0.05, 0.1) is 33.9 Å². The highest BCUT2D eigenvalue weighted by Crippen LogP contribution is 2.30. The lowest BCUT2D eigenvalue weighted by molar-refractivity contribution is -0.134. The molecule has 680 valence electrons. The van der Waals surface area contributed by atoms with E-state index in [2.05, 4.69) is 153 Å². The summed E-state index contributed by atoms with van der Waals surface area (Å²) in [4.78, 5) is 125. The lowest BCUT2D eigenvalue weighted by Crippen LogP contribution is -2.58. The van der Waals surface area contributed by atoms with Gasteiger partial charge >= 0.3 is 0 Å². The van der Waals surface area contributed by atoms with Crippen molar-refractivity contribution >= 4 is 134 Å². The third kappa shape index (κ3) is 23.1. The lowest BCUT2D eigenvalue weighted by atomic mass is 10.1. The molecule has 4 aliphatic rings. The number of para-hydroxylation sites is 1. The fraction of sp³-hybridized carbons (Fsp3) is 0.290. The Kier molecular flexibility index (Phi) is 28.8. The van der Waals surface area contributed by atoms with Crippen LogP contribution in [0.25, 0.3) is 22.7 Å². The van der Waals surface area contributed by atoms with Crippen molar-refractivity contribution in [1.29, 1.82) is 0 Å². The Balaban J connectivity index is 0.000000135. The maximum absolute atomic E-state index is 12.2. The molecule has 0 aliphatic carbocycles. The molecule has 4 aliphatic heterocycles. The van der Waals surface area contributed by atoms with E-state index >= 15 is 0 Å². The molecular weight excluding hydrogens is 1700 g/mol. The van der Waals surface area contributed by atoms with Crippen LogP contribution in [0.3, 0.4) is 0 Å². The number of aromatic nitrogens is 16. The van der Waals surface area contributed by atoms with E-state index < -0.39 is 0 Å². The second-order valence-corrected chi connectivity index (χ2v) is 33.4. The molecule has 38 nitrogen and oxygen atoms in total. The summed E-state index contributed by atoms with van der Waals surface area (Å²) in [6.45, 7) is 26.4. The van der Waals surface area contributed by atoms with Crippen LogP contribution >= 0.6 is 11.3 Å². The SMILES string of the molecule is CC(=O)N1CCCN(c2cc(-n3cnc(Nc4ccccc4)n3)ccn2)CC1.CC(=O)N1[C@H](C)CN(c2cc(-n3cnc(Nc4ccc(N)cc4)n3)ccn2)C[C@@H]1C.CC(=O)N1[C@H](C)CN(c2cc(-n3cnc(Nc4ccc(NC(=O)c5ccco5)cc4)n3)ccn2)C[C@@H]1C.CC(=O)N1[C@H](C)CN(c2cc(-n3cnc(Nc4ccc(NC(=O)c5cccs5)cc4)n3)ccn2)C[C@@H]1C. The summed E-state index contributed by atoms with van der Waals surface area (Å²) >= 11 is 1.40. The molecule has 4 fully saturated rings. The van der Waals surface area contributed by atoms with Gasteiger partial charge in [-0.15, -0.1) is 31.7 Å². The van der Waals surface area contributed by atoms with Gasteiger partial charge in [-0.3, -0.25) is 28.8 Å². The minimum absolute atomic E-state index is 0.0947. The highest BCUT2D eigenvalue weighted by Gasteiger charge is 2.35. The van der Waals surface area contributed by atoms with Gasteiger partial charge in [-0.05, 0) is 181 Å². The van der Waals surface area contributed by atoms with Gasteiger partial charge in [0, 0.05) is 218 Å². The van der Waals surface area contributed by atoms with E-state index in [4.69, 9.17) is 10.2 Å². The smallest absolute Gasteiger partial charge is 0.291 e. The quantitative estimate of drug-likeness (QED) is 0.0348. The first-order valence-corrected chi connectivity index (χ1v) is 44.2. The molecule has 4 aromatic carbocycles. The number of carbonyl (C=O) groups excluding carboxylic acids is 6. The van der Waals surface area contributed by atoms with E-state index in [1.807, 2.05) is 171 Å². The highest BCUT2D eigenvalue weighted by molar-refractivity contribution is 7.12. The van der Waals surface area contributed by atoms with E-state index in [1.54, 1.807) is 127 Å². The first kappa shape index (κ1) is 90.8. The summed E-state index contributed by atoms with van der Waals surface area (Å²) in [5, 5.41) is 38.4. The molecule has 0 spiro atoms. The lowest BCUT2D eigenvalue weighted by Gasteiger charge is -2.44. The number of thiophene rings is 1. The van der Waals surface area contributed by atoms with E-state index in [1.165, 1.54) is 17.6 Å². The van der Waals surface area contributed by atoms with Gasteiger partial charge in [-0.1, -0.05) is 24.3 Å². The number of piperazine rings is 3. The third-order valence-electron chi connectivity index (χ3n) is 22.5. The van der Waals surface area contributed by atoms with E-state index in [-0.39, 0.29) is 77.5 Å². The Morgan fingerprint density at radius 2 is 0.705 bits per heavy atom. The van der Waals surface area contributed by atoms with Gasteiger partial charge in [-0.2, -0.15) is 19.9 Å². The van der Waals surface area contributed by atoms with Gasteiger partial charge in [0.15, 0.2) is 5.76 Å². The summed E-state index contributed by atoms with van der Waals surface area (Å²) in [6.07, 6.45) is 16.1. The molecule has 6 atom stereocenters. The molecule has 39 heteroatoms. The number of nitrogen functional groups attached to an aromatic ring is 1. The van der Waals surface area contributed by atoms with Crippen LogP contribution in [0.1, 0.15) is 95.9 Å². The van der Waals surface area contributed by atoms with Crippen LogP contribution in [0.4, 0.5) is 86.9 Å². The third-order valence-corrected chi connectivity index (χ3v) is 23.4.